The summed E-state index contributed by atoms with van der Waals surface area (Å²) in [4.78, 5) is 0. The molecule has 0 bridgehead atoms. The predicted molar refractivity (Wildman–Crippen MR) is 24.8 cm³/mol. The molecule has 0 radical (unpaired) electrons. The van der Waals surface area contributed by atoms with Crippen molar-refractivity contribution in [3.05, 3.63) is 7.43 Å². The van der Waals surface area contributed by atoms with Crippen LogP contribution in [-0.4, -0.2) is 62.9 Å². The van der Waals surface area contributed by atoms with E-state index in [-0.39, 0.29) is 56.3 Å². The fraction of sp³-hybridized carbons (Fsp3) is 0. The van der Waals surface area contributed by atoms with Gasteiger partial charge in [0.2, 0.25) is 0 Å². The van der Waals surface area contributed by atoms with Crippen molar-refractivity contribution >= 4 is 60.2 Å². The fourth-order valence-electron chi connectivity index (χ4n) is 0. The minimum Gasteiger partial charge on any atom is -0.748 e. The van der Waals surface area contributed by atoms with Crippen LogP contribution < -0.4 is 0 Å². The Morgan fingerprint density at radius 3 is 1.86 bits per heavy atom. The van der Waals surface area contributed by atoms with Gasteiger partial charge >= 0.3 is 48.9 Å². The largest absolute Gasteiger partial charge is 2.00 e. The third kappa shape index (κ3) is 18.4. The monoisotopic (exact) mass is 250 g/mol. The molecule has 0 saturated heterocycles. The molecular weight excluding hydrogens is 245 g/mol. The van der Waals surface area contributed by atoms with Crippen LogP contribution in [0, 0.1) is 7.43 Å². The Labute approximate surface area is 84.7 Å². The van der Waals surface area contributed by atoms with Gasteiger partial charge < -0.3 is 12.0 Å². The smallest absolute Gasteiger partial charge is 0.748 e. The molecule has 0 amide bonds. The van der Waals surface area contributed by atoms with Gasteiger partial charge in [-0.3, -0.25) is 0 Å². The topological polar surface area (TPSA) is 69.6 Å². The van der Waals surface area contributed by atoms with Crippen LogP contribution in [0.4, 0.5) is 0 Å². The first kappa shape index (κ1) is 15.8. The van der Waals surface area contributed by atoms with Crippen LogP contribution in [0.2, 0.25) is 0 Å². The van der Waals surface area contributed by atoms with Gasteiger partial charge in [-0.1, -0.05) is 0 Å². The normalized spacial score (nSPS) is 10.6. The Morgan fingerprint density at radius 2 is 1.86 bits per heavy atom. The van der Waals surface area contributed by atoms with Crippen LogP contribution in [-0.2, 0) is 15.7 Å². The SMILES string of the molecule is O=S([O-])OO.[Ba+2].[CH3-]. The standard InChI is InChI=1S/CH3.Ba.H2O4S/c;;1-4-5(2)3/h1H3;;1H,(H,2,3)/q-1;+2;/p-1. The zero-order chi connectivity index (χ0) is 4.28. The van der Waals surface area contributed by atoms with E-state index in [9.17, 15) is 0 Å². The second-order valence-electron chi connectivity index (χ2n) is 0.279. The summed E-state index contributed by atoms with van der Waals surface area (Å²) in [6, 6.07) is 0. The van der Waals surface area contributed by atoms with E-state index in [4.69, 9.17) is 14.0 Å². The van der Waals surface area contributed by atoms with Crippen molar-refractivity contribution in [2.24, 2.45) is 0 Å². The Kier molecular flexibility index (Phi) is 23.9. The Morgan fingerprint density at radius 1 is 1.71 bits per heavy atom. The van der Waals surface area contributed by atoms with Crippen LogP contribution >= 0.6 is 0 Å². The molecule has 0 aliphatic heterocycles. The molecule has 0 fully saturated rings. The molecule has 1 atom stereocenters. The average Bonchev–Trinajstić information content (AvgIpc) is 1.38. The molecule has 4 nitrogen and oxygen atoms in total. The molecule has 0 heterocycles. The minimum atomic E-state index is -2.77. The second kappa shape index (κ2) is 10.6. The maximum absolute atomic E-state index is 8.90. The molecular formula is CH4BaO4S. The third-order valence-electron chi connectivity index (χ3n) is 0.0609. The Balaban J connectivity index is -0.0000000800. The third-order valence-corrected chi connectivity index (χ3v) is 0.183. The van der Waals surface area contributed by atoms with Crippen molar-refractivity contribution < 1.29 is 18.4 Å². The molecule has 1 N–H and O–H groups in total. The van der Waals surface area contributed by atoms with Gasteiger partial charge in [-0.2, -0.15) is 0 Å². The van der Waals surface area contributed by atoms with E-state index in [2.05, 4.69) is 4.33 Å². The number of hydrogen-bond acceptors (Lipinski definition) is 4. The van der Waals surface area contributed by atoms with Crippen LogP contribution in [0.1, 0.15) is 0 Å². The quantitative estimate of drug-likeness (QED) is 0.220. The summed E-state index contributed by atoms with van der Waals surface area (Å²) in [5.74, 6) is 0. The molecule has 0 rings (SSSR count). The van der Waals surface area contributed by atoms with Crippen LogP contribution in [0.25, 0.3) is 0 Å². The van der Waals surface area contributed by atoms with E-state index >= 15 is 0 Å². The molecule has 0 aliphatic carbocycles. The molecule has 0 saturated carbocycles. The van der Waals surface area contributed by atoms with Gasteiger partial charge in [-0.05, 0) is 0 Å². The molecule has 40 valence electrons. The van der Waals surface area contributed by atoms with E-state index in [1.54, 1.807) is 0 Å². The summed E-state index contributed by atoms with van der Waals surface area (Å²) >= 11 is -2.77. The van der Waals surface area contributed by atoms with Crippen LogP contribution in [0.5, 0.6) is 0 Å². The van der Waals surface area contributed by atoms with Crippen molar-refractivity contribution in [2.45, 2.75) is 0 Å². The van der Waals surface area contributed by atoms with Gasteiger partial charge in [0.15, 0.2) is 0 Å². The molecule has 0 aliphatic rings. The summed E-state index contributed by atoms with van der Waals surface area (Å²) in [7, 11) is 0. The van der Waals surface area contributed by atoms with Gasteiger partial charge in [-0.25, -0.2) is 9.47 Å². The van der Waals surface area contributed by atoms with Gasteiger partial charge in [0, 0.05) is 0 Å². The average molecular weight is 249 g/mol. The molecule has 0 aromatic carbocycles. The molecule has 0 spiro atoms. The van der Waals surface area contributed by atoms with Gasteiger partial charge in [0.1, 0.15) is 11.4 Å². The number of hydrogen-bond donors (Lipinski definition) is 1. The van der Waals surface area contributed by atoms with E-state index in [0.717, 1.165) is 0 Å². The number of rotatable bonds is 1. The Hall–Kier alpha value is 1.60. The zero-order valence-corrected chi connectivity index (χ0v) is 9.04. The minimum absolute atomic E-state index is 0. The first-order valence-electron chi connectivity index (χ1n) is 0.683. The van der Waals surface area contributed by atoms with Gasteiger partial charge in [0.25, 0.3) is 0 Å². The van der Waals surface area contributed by atoms with Crippen molar-refractivity contribution in [3.8, 4) is 0 Å². The van der Waals surface area contributed by atoms with Gasteiger partial charge in [0.05, 0.1) is 0 Å². The van der Waals surface area contributed by atoms with Crippen molar-refractivity contribution in [3.63, 3.8) is 0 Å². The van der Waals surface area contributed by atoms with E-state index < -0.39 is 11.4 Å². The first-order valence-corrected chi connectivity index (χ1v) is 1.68. The van der Waals surface area contributed by atoms with Crippen molar-refractivity contribution in [1.82, 2.24) is 0 Å². The molecule has 7 heavy (non-hydrogen) atoms. The molecule has 0 aromatic rings. The summed E-state index contributed by atoms with van der Waals surface area (Å²) < 4.78 is 20.5. The summed E-state index contributed by atoms with van der Waals surface area (Å²) in [6.45, 7) is 0. The van der Waals surface area contributed by atoms with Crippen LogP contribution in [0.3, 0.4) is 0 Å². The zero-order valence-electron chi connectivity index (χ0n) is 3.79. The first-order chi connectivity index (χ1) is 2.27. The summed E-state index contributed by atoms with van der Waals surface area (Å²) in [6.07, 6.45) is 0. The second-order valence-corrected chi connectivity index (χ2v) is 0.836. The summed E-state index contributed by atoms with van der Waals surface area (Å²) in [5, 5.41) is 7.03. The molecule has 0 aromatic heterocycles. The maximum atomic E-state index is 8.90. The van der Waals surface area contributed by atoms with Gasteiger partial charge in [-0.15, -0.1) is 4.33 Å². The summed E-state index contributed by atoms with van der Waals surface area (Å²) in [5.41, 5.74) is 0. The predicted octanol–water partition coefficient (Wildman–Crippen LogP) is -0.660. The fourth-order valence-corrected chi connectivity index (χ4v) is 0. The molecule has 1 unspecified atom stereocenters. The van der Waals surface area contributed by atoms with Crippen molar-refractivity contribution in [1.29, 1.82) is 0 Å². The van der Waals surface area contributed by atoms with E-state index in [1.807, 2.05) is 0 Å². The van der Waals surface area contributed by atoms with Crippen molar-refractivity contribution in [2.75, 3.05) is 0 Å². The Bertz CT molecular complexity index is 47.0. The van der Waals surface area contributed by atoms with E-state index in [1.165, 1.54) is 0 Å². The van der Waals surface area contributed by atoms with E-state index in [0.29, 0.717) is 0 Å². The maximum Gasteiger partial charge on any atom is 2.00 e. The van der Waals surface area contributed by atoms with Crippen LogP contribution in [0.15, 0.2) is 0 Å². The molecule has 6 heteroatoms.